The SMILES string of the molecule is CCN[C@@H](C)CC(C)C. The average molecular weight is 129 g/mol. The van der Waals surface area contributed by atoms with Gasteiger partial charge >= 0.3 is 0 Å². The molecule has 0 bridgehead atoms. The van der Waals surface area contributed by atoms with Crippen molar-refractivity contribution in [2.24, 2.45) is 5.92 Å². The molecule has 0 amide bonds. The Morgan fingerprint density at radius 1 is 1.22 bits per heavy atom. The van der Waals surface area contributed by atoms with Crippen molar-refractivity contribution in [3.05, 3.63) is 0 Å². The van der Waals surface area contributed by atoms with E-state index >= 15 is 0 Å². The highest BCUT2D eigenvalue weighted by atomic mass is 14.9. The summed E-state index contributed by atoms with van der Waals surface area (Å²) in [7, 11) is 0. The molecule has 0 aromatic carbocycles. The van der Waals surface area contributed by atoms with Gasteiger partial charge in [0.1, 0.15) is 0 Å². The minimum atomic E-state index is 0.690. The van der Waals surface area contributed by atoms with Crippen molar-refractivity contribution in [1.29, 1.82) is 0 Å². The Bertz CT molecular complexity index is 59.6. The molecule has 0 aromatic heterocycles. The predicted octanol–water partition coefficient (Wildman–Crippen LogP) is 2.03. The molecule has 0 aromatic rings. The molecule has 0 unspecified atom stereocenters. The molecular formula is C8H19N. The molecule has 0 saturated carbocycles. The molecule has 0 spiro atoms. The van der Waals surface area contributed by atoms with Crippen LogP contribution in [0.1, 0.15) is 34.1 Å². The number of rotatable bonds is 4. The molecule has 1 heteroatoms. The lowest BCUT2D eigenvalue weighted by Gasteiger charge is -2.13. The summed E-state index contributed by atoms with van der Waals surface area (Å²) in [5.74, 6) is 0.819. The number of nitrogens with one attached hydrogen (secondary N) is 1. The predicted molar refractivity (Wildman–Crippen MR) is 42.6 cm³/mol. The molecule has 0 saturated heterocycles. The lowest BCUT2D eigenvalue weighted by Crippen LogP contribution is -2.26. The quantitative estimate of drug-likeness (QED) is 0.612. The lowest BCUT2D eigenvalue weighted by atomic mass is 10.1. The molecule has 0 heterocycles. The first kappa shape index (κ1) is 8.96. The molecule has 0 rings (SSSR count). The van der Waals surface area contributed by atoms with Gasteiger partial charge in [-0.25, -0.2) is 0 Å². The van der Waals surface area contributed by atoms with Gasteiger partial charge in [0.25, 0.3) is 0 Å². The van der Waals surface area contributed by atoms with Crippen molar-refractivity contribution in [3.8, 4) is 0 Å². The maximum atomic E-state index is 3.38. The van der Waals surface area contributed by atoms with Gasteiger partial charge in [-0.05, 0) is 25.8 Å². The van der Waals surface area contributed by atoms with E-state index in [1.807, 2.05) is 0 Å². The van der Waals surface area contributed by atoms with Crippen LogP contribution in [0.4, 0.5) is 0 Å². The fourth-order valence-corrected chi connectivity index (χ4v) is 1.14. The lowest BCUT2D eigenvalue weighted by molar-refractivity contribution is 0.451. The van der Waals surface area contributed by atoms with E-state index in [2.05, 4.69) is 33.0 Å². The Labute approximate surface area is 58.8 Å². The molecule has 56 valence electrons. The van der Waals surface area contributed by atoms with Crippen molar-refractivity contribution in [2.45, 2.75) is 40.2 Å². The van der Waals surface area contributed by atoms with Crippen LogP contribution < -0.4 is 5.32 Å². The highest BCUT2D eigenvalue weighted by Crippen LogP contribution is 2.02. The van der Waals surface area contributed by atoms with E-state index in [-0.39, 0.29) is 0 Å². The summed E-state index contributed by atoms with van der Waals surface area (Å²) in [5.41, 5.74) is 0. The van der Waals surface area contributed by atoms with E-state index in [0.717, 1.165) is 12.5 Å². The van der Waals surface area contributed by atoms with Gasteiger partial charge in [-0.15, -0.1) is 0 Å². The maximum absolute atomic E-state index is 3.38. The zero-order valence-electron chi connectivity index (χ0n) is 7.07. The zero-order chi connectivity index (χ0) is 7.28. The van der Waals surface area contributed by atoms with Crippen LogP contribution in [0.25, 0.3) is 0 Å². The molecule has 0 radical (unpaired) electrons. The van der Waals surface area contributed by atoms with Gasteiger partial charge in [-0.3, -0.25) is 0 Å². The fraction of sp³-hybridized carbons (Fsp3) is 1.00. The van der Waals surface area contributed by atoms with Crippen LogP contribution in [0, 0.1) is 5.92 Å². The van der Waals surface area contributed by atoms with Crippen LogP contribution in [0.2, 0.25) is 0 Å². The smallest absolute Gasteiger partial charge is 0.00410 e. The van der Waals surface area contributed by atoms with Crippen LogP contribution in [0.15, 0.2) is 0 Å². The Morgan fingerprint density at radius 2 is 1.78 bits per heavy atom. The van der Waals surface area contributed by atoms with Crippen molar-refractivity contribution < 1.29 is 0 Å². The third-order valence-corrected chi connectivity index (χ3v) is 1.38. The molecule has 0 aliphatic heterocycles. The largest absolute Gasteiger partial charge is 0.315 e. The van der Waals surface area contributed by atoms with Crippen LogP contribution in [-0.4, -0.2) is 12.6 Å². The molecule has 0 fully saturated rings. The summed E-state index contributed by atoms with van der Waals surface area (Å²) < 4.78 is 0. The van der Waals surface area contributed by atoms with Gasteiger partial charge in [-0.1, -0.05) is 20.8 Å². The van der Waals surface area contributed by atoms with Gasteiger partial charge in [0.2, 0.25) is 0 Å². The summed E-state index contributed by atoms with van der Waals surface area (Å²) in [6.07, 6.45) is 1.29. The van der Waals surface area contributed by atoms with Crippen LogP contribution in [0.3, 0.4) is 0 Å². The van der Waals surface area contributed by atoms with E-state index in [4.69, 9.17) is 0 Å². The molecule has 0 aliphatic carbocycles. The standard InChI is InChI=1S/C8H19N/c1-5-9-8(4)6-7(2)3/h7-9H,5-6H2,1-4H3/t8-/m0/s1. The van der Waals surface area contributed by atoms with Crippen molar-refractivity contribution in [2.75, 3.05) is 6.54 Å². The molecular weight excluding hydrogens is 110 g/mol. The Balaban J connectivity index is 3.15. The van der Waals surface area contributed by atoms with Crippen LogP contribution in [0.5, 0.6) is 0 Å². The second kappa shape index (κ2) is 4.80. The van der Waals surface area contributed by atoms with Gasteiger partial charge in [0.15, 0.2) is 0 Å². The van der Waals surface area contributed by atoms with Crippen molar-refractivity contribution in [1.82, 2.24) is 5.32 Å². The van der Waals surface area contributed by atoms with Gasteiger partial charge in [0, 0.05) is 6.04 Å². The first-order valence-corrected chi connectivity index (χ1v) is 3.90. The number of hydrogen-bond acceptors (Lipinski definition) is 1. The molecule has 9 heavy (non-hydrogen) atoms. The second-order valence-electron chi connectivity index (χ2n) is 3.09. The van der Waals surface area contributed by atoms with E-state index in [9.17, 15) is 0 Å². The molecule has 0 aliphatic rings. The fourth-order valence-electron chi connectivity index (χ4n) is 1.14. The third-order valence-electron chi connectivity index (χ3n) is 1.38. The van der Waals surface area contributed by atoms with E-state index in [1.165, 1.54) is 6.42 Å². The maximum Gasteiger partial charge on any atom is 0.00410 e. The van der Waals surface area contributed by atoms with Gasteiger partial charge in [-0.2, -0.15) is 0 Å². The van der Waals surface area contributed by atoms with Gasteiger partial charge < -0.3 is 5.32 Å². The Kier molecular flexibility index (Phi) is 4.78. The third kappa shape index (κ3) is 5.84. The highest BCUT2D eigenvalue weighted by molar-refractivity contribution is 4.60. The topological polar surface area (TPSA) is 12.0 Å². The monoisotopic (exact) mass is 129 g/mol. The summed E-state index contributed by atoms with van der Waals surface area (Å²) in [5, 5.41) is 3.38. The van der Waals surface area contributed by atoms with Crippen molar-refractivity contribution in [3.63, 3.8) is 0 Å². The normalized spacial score (nSPS) is 14.3. The molecule has 1 atom stereocenters. The summed E-state index contributed by atoms with van der Waals surface area (Å²) in [4.78, 5) is 0. The Morgan fingerprint density at radius 3 is 2.11 bits per heavy atom. The summed E-state index contributed by atoms with van der Waals surface area (Å²) in [6.45, 7) is 10.00. The number of hydrogen-bond donors (Lipinski definition) is 1. The first-order chi connectivity index (χ1) is 4.16. The average Bonchev–Trinajstić information content (AvgIpc) is 1.63. The minimum Gasteiger partial charge on any atom is -0.315 e. The van der Waals surface area contributed by atoms with Crippen LogP contribution in [-0.2, 0) is 0 Å². The second-order valence-corrected chi connectivity index (χ2v) is 3.09. The van der Waals surface area contributed by atoms with Crippen LogP contribution >= 0.6 is 0 Å². The van der Waals surface area contributed by atoms with E-state index < -0.39 is 0 Å². The minimum absolute atomic E-state index is 0.690. The molecule has 1 nitrogen and oxygen atoms in total. The van der Waals surface area contributed by atoms with E-state index in [0.29, 0.717) is 6.04 Å². The first-order valence-electron chi connectivity index (χ1n) is 3.90. The Hall–Kier alpha value is -0.0400. The summed E-state index contributed by atoms with van der Waals surface area (Å²) in [6, 6.07) is 0.690. The van der Waals surface area contributed by atoms with Gasteiger partial charge in [0.05, 0.1) is 0 Å². The summed E-state index contributed by atoms with van der Waals surface area (Å²) >= 11 is 0. The molecule has 1 N–H and O–H groups in total. The zero-order valence-corrected chi connectivity index (χ0v) is 7.07. The van der Waals surface area contributed by atoms with Crippen molar-refractivity contribution >= 4 is 0 Å². The highest BCUT2D eigenvalue weighted by Gasteiger charge is 2.00. The van der Waals surface area contributed by atoms with E-state index in [1.54, 1.807) is 0 Å².